The van der Waals surface area contributed by atoms with Crippen LogP contribution in [0.5, 0.6) is 0 Å². The number of hydrogen-bond acceptors (Lipinski definition) is 5. The van der Waals surface area contributed by atoms with Crippen molar-refractivity contribution in [2.24, 2.45) is 16.6 Å². The lowest BCUT2D eigenvalue weighted by Crippen LogP contribution is -2.36. The summed E-state index contributed by atoms with van der Waals surface area (Å²) in [6, 6.07) is 8.70. The lowest BCUT2D eigenvalue weighted by molar-refractivity contribution is 0.116. The van der Waals surface area contributed by atoms with Crippen molar-refractivity contribution in [3.05, 3.63) is 51.2 Å². The van der Waals surface area contributed by atoms with Crippen LogP contribution in [-0.4, -0.2) is 35.5 Å². The minimum absolute atomic E-state index is 0.301. The Kier molecular flexibility index (Phi) is 4.39. The third kappa shape index (κ3) is 3.11. The van der Waals surface area contributed by atoms with Gasteiger partial charge in [-0.3, -0.25) is 4.90 Å². The first-order valence-corrected chi connectivity index (χ1v) is 9.47. The van der Waals surface area contributed by atoms with Crippen molar-refractivity contribution in [3.8, 4) is 0 Å². The Morgan fingerprint density at radius 1 is 1.29 bits per heavy atom. The van der Waals surface area contributed by atoms with Crippen molar-refractivity contribution >= 4 is 22.9 Å². The molecule has 0 aliphatic carbocycles. The van der Waals surface area contributed by atoms with Gasteiger partial charge in [0, 0.05) is 26.1 Å². The van der Waals surface area contributed by atoms with Crippen molar-refractivity contribution in [2.75, 3.05) is 19.7 Å². The molecule has 2 aliphatic rings. The molecule has 3 N–H and O–H groups in total. The molecule has 1 saturated heterocycles. The van der Waals surface area contributed by atoms with Crippen LogP contribution >= 0.6 is 11.3 Å². The highest BCUT2D eigenvalue weighted by atomic mass is 32.1. The summed E-state index contributed by atoms with van der Waals surface area (Å²) in [5, 5.41) is 11.5. The van der Waals surface area contributed by atoms with Gasteiger partial charge < -0.3 is 10.8 Å². The van der Waals surface area contributed by atoms with Gasteiger partial charge in [-0.25, -0.2) is 4.99 Å². The van der Waals surface area contributed by atoms with E-state index in [1.165, 1.54) is 23.1 Å². The smallest absolute Gasteiger partial charge is 0.141 e. The third-order valence-electron chi connectivity index (χ3n) is 5.01. The normalized spacial score (nSPS) is 20.9. The first-order chi connectivity index (χ1) is 11.7. The van der Waals surface area contributed by atoms with Crippen LogP contribution in [0.1, 0.15) is 34.4 Å². The molecule has 0 radical (unpaired) electrons. The molecular formula is C19H23N3OS. The summed E-state index contributed by atoms with van der Waals surface area (Å²) in [5.74, 6) is 1.06. The van der Waals surface area contributed by atoms with E-state index in [-0.39, 0.29) is 0 Å². The Hall–Kier alpha value is -1.69. The van der Waals surface area contributed by atoms with Crippen molar-refractivity contribution in [1.29, 1.82) is 0 Å². The number of aliphatic imine (C=N–C) groups is 1. The molecule has 0 bridgehead atoms. The predicted octanol–water partition coefficient (Wildman–Crippen LogP) is 2.89. The van der Waals surface area contributed by atoms with E-state index in [0.717, 1.165) is 43.0 Å². The number of aliphatic hydroxyl groups is 1. The lowest BCUT2D eigenvalue weighted by Gasteiger charge is -2.31. The molecule has 0 saturated carbocycles. The van der Waals surface area contributed by atoms with Gasteiger partial charge in [0.15, 0.2) is 0 Å². The number of fused-ring (bicyclic) bond motifs is 2. The third-order valence-corrected chi connectivity index (χ3v) is 5.99. The van der Waals surface area contributed by atoms with Crippen molar-refractivity contribution in [2.45, 2.75) is 25.8 Å². The van der Waals surface area contributed by atoms with E-state index in [1.807, 2.05) is 0 Å². The minimum Gasteiger partial charge on any atom is -0.396 e. The van der Waals surface area contributed by atoms with Crippen LogP contribution in [0.15, 0.2) is 34.6 Å². The molecule has 1 aromatic heterocycles. The van der Waals surface area contributed by atoms with Crippen molar-refractivity contribution in [1.82, 2.24) is 4.90 Å². The van der Waals surface area contributed by atoms with Gasteiger partial charge in [-0.15, -0.1) is 11.3 Å². The maximum atomic E-state index is 9.41. The van der Waals surface area contributed by atoms with Crippen molar-refractivity contribution < 1.29 is 5.11 Å². The Morgan fingerprint density at radius 2 is 2.21 bits per heavy atom. The number of thiophene rings is 1. The SMILES string of the molecule is NC1=Nc2ccc(CN3CCCC(CO)C3)cc2Cc2ccsc21. The highest BCUT2D eigenvalue weighted by molar-refractivity contribution is 7.12. The summed E-state index contributed by atoms with van der Waals surface area (Å²) in [6.07, 6.45) is 3.22. The molecule has 1 fully saturated rings. The molecule has 24 heavy (non-hydrogen) atoms. The van der Waals surface area contributed by atoms with Gasteiger partial charge in [-0.05, 0) is 59.5 Å². The van der Waals surface area contributed by atoms with Gasteiger partial charge in [0.2, 0.25) is 0 Å². The summed E-state index contributed by atoms with van der Waals surface area (Å²) >= 11 is 1.67. The van der Waals surface area contributed by atoms with Gasteiger partial charge in [0.05, 0.1) is 10.6 Å². The first-order valence-electron chi connectivity index (χ1n) is 8.59. The highest BCUT2D eigenvalue weighted by Gasteiger charge is 2.20. The summed E-state index contributed by atoms with van der Waals surface area (Å²) in [6.45, 7) is 3.36. The van der Waals surface area contributed by atoms with Gasteiger partial charge in [-0.2, -0.15) is 0 Å². The maximum Gasteiger partial charge on any atom is 0.141 e. The van der Waals surface area contributed by atoms with Gasteiger partial charge in [0.1, 0.15) is 5.84 Å². The van der Waals surface area contributed by atoms with Crippen LogP contribution in [0, 0.1) is 5.92 Å². The molecule has 0 amide bonds. The molecule has 2 aromatic rings. The number of nitrogens with zero attached hydrogens (tertiary/aromatic N) is 2. The minimum atomic E-state index is 0.301. The zero-order valence-corrected chi connectivity index (χ0v) is 14.6. The van der Waals surface area contributed by atoms with Crippen LogP contribution in [0.4, 0.5) is 5.69 Å². The second-order valence-electron chi connectivity index (χ2n) is 6.84. The molecule has 5 heteroatoms. The number of hydrogen-bond donors (Lipinski definition) is 2. The van der Waals surface area contributed by atoms with Crippen LogP contribution < -0.4 is 5.73 Å². The van der Waals surface area contributed by atoms with Crippen LogP contribution in [-0.2, 0) is 13.0 Å². The Bertz CT molecular complexity index is 768. The molecule has 1 unspecified atom stereocenters. The van der Waals surface area contributed by atoms with Crippen molar-refractivity contribution in [3.63, 3.8) is 0 Å². The number of benzene rings is 1. The molecule has 1 atom stereocenters. The number of aliphatic hydroxyl groups excluding tert-OH is 1. The van der Waals surface area contributed by atoms with E-state index in [1.54, 1.807) is 11.3 Å². The van der Waals surface area contributed by atoms with Gasteiger partial charge in [0.25, 0.3) is 0 Å². The highest BCUT2D eigenvalue weighted by Crippen LogP contribution is 2.31. The zero-order chi connectivity index (χ0) is 16.5. The monoisotopic (exact) mass is 341 g/mol. The predicted molar refractivity (Wildman–Crippen MR) is 99.0 cm³/mol. The van der Waals surface area contributed by atoms with Crippen LogP contribution in [0.25, 0.3) is 0 Å². The number of amidine groups is 1. The van der Waals surface area contributed by atoms with E-state index < -0.39 is 0 Å². The molecule has 4 rings (SSSR count). The molecule has 0 spiro atoms. The topological polar surface area (TPSA) is 61.8 Å². The first kappa shape index (κ1) is 15.8. The fourth-order valence-corrected chi connectivity index (χ4v) is 4.60. The average Bonchev–Trinajstić information content (AvgIpc) is 3.01. The fourth-order valence-electron chi connectivity index (χ4n) is 3.78. The zero-order valence-electron chi connectivity index (χ0n) is 13.7. The molecular weight excluding hydrogens is 318 g/mol. The molecule has 126 valence electrons. The van der Waals surface area contributed by atoms with E-state index in [4.69, 9.17) is 5.73 Å². The van der Waals surface area contributed by atoms with E-state index >= 15 is 0 Å². The quantitative estimate of drug-likeness (QED) is 0.902. The molecule has 4 nitrogen and oxygen atoms in total. The van der Waals surface area contributed by atoms with Gasteiger partial charge in [-0.1, -0.05) is 12.1 Å². The molecule has 1 aromatic carbocycles. The molecule has 2 aliphatic heterocycles. The van der Waals surface area contributed by atoms with Crippen LogP contribution in [0.3, 0.4) is 0 Å². The Labute approximate surface area is 146 Å². The summed E-state index contributed by atoms with van der Waals surface area (Å²) < 4.78 is 0. The van der Waals surface area contributed by atoms with E-state index in [0.29, 0.717) is 18.4 Å². The Balaban J connectivity index is 1.57. The second-order valence-corrected chi connectivity index (χ2v) is 7.75. The van der Waals surface area contributed by atoms with E-state index in [2.05, 4.69) is 39.5 Å². The summed E-state index contributed by atoms with van der Waals surface area (Å²) in [4.78, 5) is 8.19. The lowest BCUT2D eigenvalue weighted by atomic mass is 9.97. The summed E-state index contributed by atoms with van der Waals surface area (Å²) in [5.41, 5.74) is 11.0. The number of piperidine rings is 1. The van der Waals surface area contributed by atoms with Crippen LogP contribution in [0.2, 0.25) is 0 Å². The standard InChI is InChI=1S/C19H23N3OS/c20-19-18-15(5-7-24-18)9-16-8-13(3-4-17(16)21-19)10-22-6-1-2-14(11-22)12-23/h3-5,7-8,14,23H,1-2,6,9-12H2,(H2,20,21). The van der Waals surface area contributed by atoms with E-state index in [9.17, 15) is 5.11 Å². The fraction of sp³-hybridized carbons (Fsp3) is 0.421. The average molecular weight is 341 g/mol. The maximum absolute atomic E-state index is 9.41. The Morgan fingerprint density at radius 3 is 3.08 bits per heavy atom. The number of rotatable bonds is 3. The largest absolute Gasteiger partial charge is 0.396 e. The number of likely N-dealkylation sites (tertiary alicyclic amines) is 1. The second kappa shape index (κ2) is 6.67. The van der Waals surface area contributed by atoms with Gasteiger partial charge >= 0.3 is 0 Å². The number of nitrogens with two attached hydrogens (primary N) is 1. The molecule has 3 heterocycles. The summed E-state index contributed by atoms with van der Waals surface area (Å²) in [7, 11) is 0.